The fraction of sp³-hybridized carbons (Fsp3) is 0.550. The highest BCUT2D eigenvalue weighted by molar-refractivity contribution is 5.63. The molecule has 3 heterocycles. The number of hydrogen-bond donors (Lipinski definition) is 3. The van der Waals surface area contributed by atoms with Gasteiger partial charge in [0.1, 0.15) is 5.82 Å². The molecule has 1 fully saturated rings. The summed E-state index contributed by atoms with van der Waals surface area (Å²) in [7, 11) is 0. The van der Waals surface area contributed by atoms with Crippen molar-refractivity contribution in [1.29, 1.82) is 0 Å². The van der Waals surface area contributed by atoms with Gasteiger partial charge >= 0.3 is 0 Å². The van der Waals surface area contributed by atoms with Gasteiger partial charge in [0.25, 0.3) is 0 Å². The standard InChI is InChI=1S/C20H30N6/c1-20(2,3)26-19-24-17(16-5-4-9-22-14-16)13-18(25-19)23-12-8-15-6-10-21-11-7-15/h4-5,9,13-15,21H,6-8,10-12H2,1-3H3,(H2,23,24,25,26). The molecule has 0 radical (unpaired) electrons. The fourth-order valence-electron chi connectivity index (χ4n) is 3.17. The number of rotatable bonds is 6. The van der Waals surface area contributed by atoms with Crippen LogP contribution in [0, 0.1) is 5.92 Å². The van der Waals surface area contributed by atoms with Crippen molar-refractivity contribution in [2.75, 3.05) is 30.3 Å². The zero-order valence-electron chi connectivity index (χ0n) is 16.0. The molecule has 3 rings (SSSR count). The Balaban J connectivity index is 1.73. The summed E-state index contributed by atoms with van der Waals surface area (Å²) in [5.41, 5.74) is 1.78. The molecule has 0 spiro atoms. The summed E-state index contributed by atoms with van der Waals surface area (Å²) in [5.74, 6) is 2.30. The van der Waals surface area contributed by atoms with Crippen molar-refractivity contribution in [3.8, 4) is 11.3 Å². The quantitative estimate of drug-likeness (QED) is 0.737. The molecule has 140 valence electrons. The van der Waals surface area contributed by atoms with E-state index in [4.69, 9.17) is 0 Å². The third-order valence-corrected chi connectivity index (χ3v) is 4.49. The van der Waals surface area contributed by atoms with Gasteiger partial charge in [-0.25, -0.2) is 4.98 Å². The summed E-state index contributed by atoms with van der Waals surface area (Å²) in [5, 5.41) is 10.3. The summed E-state index contributed by atoms with van der Waals surface area (Å²) in [6.07, 6.45) is 7.32. The second kappa shape index (κ2) is 8.45. The lowest BCUT2D eigenvalue weighted by atomic mass is 9.95. The summed E-state index contributed by atoms with van der Waals surface area (Å²) in [6.45, 7) is 9.54. The van der Waals surface area contributed by atoms with E-state index in [1.165, 1.54) is 19.3 Å². The first kappa shape index (κ1) is 18.6. The van der Waals surface area contributed by atoms with Crippen molar-refractivity contribution in [3.05, 3.63) is 30.6 Å². The van der Waals surface area contributed by atoms with Gasteiger partial charge in [0.15, 0.2) is 0 Å². The zero-order chi connectivity index (χ0) is 18.4. The molecule has 26 heavy (non-hydrogen) atoms. The first-order valence-electron chi connectivity index (χ1n) is 9.52. The number of pyridine rings is 1. The molecule has 0 amide bonds. The molecular formula is C20H30N6. The summed E-state index contributed by atoms with van der Waals surface area (Å²) >= 11 is 0. The number of piperidine rings is 1. The number of anilines is 2. The van der Waals surface area contributed by atoms with Gasteiger partial charge in [-0.05, 0) is 71.2 Å². The average Bonchev–Trinajstić information content (AvgIpc) is 2.62. The SMILES string of the molecule is CC(C)(C)Nc1nc(NCCC2CCNCC2)cc(-c2cccnc2)n1. The van der Waals surface area contributed by atoms with E-state index in [0.29, 0.717) is 5.95 Å². The van der Waals surface area contributed by atoms with Gasteiger partial charge in [-0.3, -0.25) is 4.98 Å². The van der Waals surface area contributed by atoms with Crippen molar-refractivity contribution in [2.45, 2.75) is 45.6 Å². The van der Waals surface area contributed by atoms with Gasteiger partial charge in [0.05, 0.1) is 5.69 Å². The van der Waals surface area contributed by atoms with Crippen molar-refractivity contribution in [2.24, 2.45) is 5.92 Å². The fourth-order valence-corrected chi connectivity index (χ4v) is 3.17. The van der Waals surface area contributed by atoms with Crippen molar-refractivity contribution in [3.63, 3.8) is 0 Å². The smallest absolute Gasteiger partial charge is 0.225 e. The molecule has 0 aliphatic carbocycles. The Morgan fingerprint density at radius 1 is 1.19 bits per heavy atom. The van der Waals surface area contributed by atoms with Gasteiger partial charge in [-0.15, -0.1) is 0 Å². The van der Waals surface area contributed by atoms with Crippen LogP contribution in [0.25, 0.3) is 11.3 Å². The lowest BCUT2D eigenvalue weighted by molar-refractivity contribution is 0.361. The highest BCUT2D eigenvalue weighted by Crippen LogP contribution is 2.23. The van der Waals surface area contributed by atoms with E-state index in [1.54, 1.807) is 6.20 Å². The average molecular weight is 355 g/mol. The van der Waals surface area contributed by atoms with Crippen molar-refractivity contribution >= 4 is 11.8 Å². The predicted octanol–water partition coefficient (Wildman–Crippen LogP) is 3.55. The van der Waals surface area contributed by atoms with Crippen LogP contribution in [0.3, 0.4) is 0 Å². The molecule has 3 N–H and O–H groups in total. The molecule has 6 heteroatoms. The molecule has 0 unspecified atom stereocenters. The van der Waals surface area contributed by atoms with Crippen LogP contribution in [0.4, 0.5) is 11.8 Å². The van der Waals surface area contributed by atoms with Crippen LogP contribution in [0.2, 0.25) is 0 Å². The lowest BCUT2D eigenvalue weighted by Gasteiger charge is -2.23. The summed E-state index contributed by atoms with van der Waals surface area (Å²) in [4.78, 5) is 13.5. The molecule has 0 aromatic carbocycles. The normalized spacial score (nSPS) is 15.7. The topological polar surface area (TPSA) is 74.8 Å². The van der Waals surface area contributed by atoms with Crippen LogP contribution >= 0.6 is 0 Å². The molecule has 1 aliphatic heterocycles. The van der Waals surface area contributed by atoms with Crippen LogP contribution in [0.5, 0.6) is 0 Å². The minimum atomic E-state index is -0.0973. The Hall–Kier alpha value is -2.21. The van der Waals surface area contributed by atoms with Gasteiger partial charge < -0.3 is 16.0 Å². The maximum absolute atomic E-state index is 4.68. The highest BCUT2D eigenvalue weighted by Gasteiger charge is 2.15. The maximum Gasteiger partial charge on any atom is 0.225 e. The number of nitrogens with one attached hydrogen (secondary N) is 3. The van der Waals surface area contributed by atoms with Gasteiger partial charge in [0, 0.05) is 36.1 Å². The van der Waals surface area contributed by atoms with E-state index < -0.39 is 0 Å². The van der Waals surface area contributed by atoms with Crippen LogP contribution in [0.1, 0.15) is 40.0 Å². The maximum atomic E-state index is 4.68. The number of nitrogens with zero attached hydrogens (tertiary/aromatic N) is 3. The molecule has 2 aromatic rings. The number of hydrogen-bond acceptors (Lipinski definition) is 6. The molecular weight excluding hydrogens is 324 g/mol. The molecule has 2 aromatic heterocycles. The second-order valence-electron chi connectivity index (χ2n) is 7.99. The Morgan fingerprint density at radius 3 is 2.69 bits per heavy atom. The lowest BCUT2D eigenvalue weighted by Crippen LogP contribution is -2.29. The molecule has 6 nitrogen and oxygen atoms in total. The predicted molar refractivity (Wildman–Crippen MR) is 107 cm³/mol. The first-order chi connectivity index (χ1) is 12.5. The van der Waals surface area contributed by atoms with Gasteiger partial charge in [-0.2, -0.15) is 4.98 Å². The van der Waals surface area contributed by atoms with E-state index in [1.807, 2.05) is 24.4 Å². The first-order valence-corrected chi connectivity index (χ1v) is 9.52. The zero-order valence-corrected chi connectivity index (χ0v) is 16.0. The molecule has 0 atom stereocenters. The van der Waals surface area contributed by atoms with E-state index in [2.05, 4.69) is 51.7 Å². The minimum Gasteiger partial charge on any atom is -0.370 e. The van der Waals surface area contributed by atoms with Crippen LogP contribution in [-0.2, 0) is 0 Å². The van der Waals surface area contributed by atoms with E-state index in [-0.39, 0.29) is 5.54 Å². The van der Waals surface area contributed by atoms with Crippen LogP contribution in [0.15, 0.2) is 30.6 Å². The van der Waals surface area contributed by atoms with E-state index in [0.717, 1.165) is 42.6 Å². The third kappa shape index (κ3) is 5.66. The molecule has 1 saturated heterocycles. The molecule has 1 aliphatic rings. The van der Waals surface area contributed by atoms with E-state index >= 15 is 0 Å². The second-order valence-corrected chi connectivity index (χ2v) is 7.99. The van der Waals surface area contributed by atoms with Crippen molar-refractivity contribution in [1.82, 2.24) is 20.3 Å². The molecule has 0 bridgehead atoms. The molecule has 0 saturated carbocycles. The minimum absolute atomic E-state index is 0.0973. The van der Waals surface area contributed by atoms with Gasteiger partial charge in [0.2, 0.25) is 5.95 Å². The van der Waals surface area contributed by atoms with Gasteiger partial charge in [-0.1, -0.05) is 0 Å². The number of aromatic nitrogens is 3. The van der Waals surface area contributed by atoms with Crippen LogP contribution in [-0.4, -0.2) is 40.1 Å². The Kier molecular flexibility index (Phi) is 6.04. The van der Waals surface area contributed by atoms with E-state index in [9.17, 15) is 0 Å². The largest absolute Gasteiger partial charge is 0.370 e. The Morgan fingerprint density at radius 2 is 2.00 bits per heavy atom. The van der Waals surface area contributed by atoms with Crippen molar-refractivity contribution < 1.29 is 0 Å². The Bertz CT molecular complexity index is 689. The third-order valence-electron chi connectivity index (χ3n) is 4.49. The summed E-state index contributed by atoms with van der Waals surface area (Å²) in [6, 6.07) is 5.96. The Labute approximate surface area is 156 Å². The summed E-state index contributed by atoms with van der Waals surface area (Å²) < 4.78 is 0. The van der Waals surface area contributed by atoms with Crippen LogP contribution < -0.4 is 16.0 Å². The highest BCUT2D eigenvalue weighted by atomic mass is 15.2. The monoisotopic (exact) mass is 354 g/mol.